The Balaban J connectivity index is 1.30. The van der Waals surface area contributed by atoms with E-state index in [2.05, 4.69) is 5.32 Å². The highest BCUT2D eigenvalue weighted by Gasteiger charge is 2.54. The molecule has 0 unspecified atom stereocenters. The molecule has 4 fully saturated rings. The molecule has 0 aromatic heterocycles. The number of hydrogen-bond acceptors (Lipinski definition) is 2. The van der Waals surface area contributed by atoms with Gasteiger partial charge in [-0.2, -0.15) is 0 Å². The van der Waals surface area contributed by atoms with Crippen molar-refractivity contribution in [3.05, 3.63) is 53.6 Å². The third kappa shape index (κ3) is 2.20. The van der Waals surface area contributed by atoms with Crippen molar-refractivity contribution in [3.63, 3.8) is 0 Å². The van der Waals surface area contributed by atoms with E-state index in [0.29, 0.717) is 5.56 Å². The first-order chi connectivity index (χ1) is 13.1. The van der Waals surface area contributed by atoms with Crippen LogP contribution in [0.3, 0.4) is 0 Å². The largest absolute Gasteiger partial charge is 0.326 e. The molecule has 5 aliphatic carbocycles. The maximum Gasteiger partial charge on any atom is 0.230 e. The summed E-state index contributed by atoms with van der Waals surface area (Å²) in [5.41, 5.74) is 4.04. The van der Waals surface area contributed by atoms with Crippen LogP contribution in [0, 0.1) is 23.2 Å². The molecule has 0 heterocycles. The number of anilines is 1. The van der Waals surface area contributed by atoms with Crippen LogP contribution in [0.15, 0.2) is 42.5 Å². The van der Waals surface area contributed by atoms with E-state index in [4.69, 9.17) is 0 Å². The third-order valence-corrected chi connectivity index (χ3v) is 7.50. The highest BCUT2D eigenvalue weighted by Crippen LogP contribution is 2.60. The maximum absolute atomic E-state index is 13.3. The van der Waals surface area contributed by atoms with Gasteiger partial charge in [-0.15, -0.1) is 0 Å². The van der Waals surface area contributed by atoms with Gasteiger partial charge in [0.25, 0.3) is 0 Å². The fourth-order valence-electron chi connectivity index (χ4n) is 6.76. The number of amides is 1. The molecule has 2 aromatic rings. The van der Waals surface area contributed by atoms with Gasteiger partial charge in [0, 0.05) is 16.8 Å². The zero-order valence-electron chi connectivity index (χ0n) is 15.3. The van der Waals surface area contributed by atoms with Crippen molar-refractivity contribution < 1.29 is 9.59 Å². The van der Waals surface area contributed by atoms with Crippen LogP contribution in [0.5, 0.6) is 0 Å². The van der Waals surface area contributed by atoms with E-state index in [-0.39, 0.29) is 17.1 Å². The fourth-order valence-corrected chi connectivity index (χ4v) is 6.76. The number of carbonyl (C=O) groups is 2. The molecule has 3 heteroatoms. The van der Waals surface area contributed by atoms with Gasteiger partial charge < -0.3 is 5.32 Å². The second-order valence-electron chi connectivity index (χ2n) is 9.29. The smallest absolute Gasteiger partial charge is 0.230 e. The molecule has 7 rings (SSSR count). The van der Waals surface area contributed by atoms with Gasteiger partial charge in [0.05, 0.1) is 5.41 Å². The van der Waals surface area contributed by atoms with Crippen LogP contribution in [-0.2, 0) is 4.79 Å². The normalized spacial score (nSPS) is 32.3. The molecule has 1 amide bonds. The Morgan fingerprint density at radius 1 is 0.815 bits per heavy atom. The molecule has 1 N–H and O–H groups in total. The topological polar surface area (TPSA) is 46.2 Å². The van der Waals surface area contributed by atoms with E-state index in [9.17, 15) is 9.59 Å². The quantitative estimate of drug-likeness (QED) is 0.697. The summed E-state index contributed by atoms with van der Waals surface area (Å²) in [6.07, 6.45) is 7.16. The van der Waals surface area contributed by atoms with E-state index in [1.807, 2.05) is 42.5 Å². The molecule has 4 bridgehead atoms. The van der Waals surface area contributed by atoms with Crippen molar-refractivity contribution in [3.8, 4) is 11.1 Å². The molecule has 5 aliphatic rings. The van der Waals surface area contributed by atoms with Crippen LogP contribution >= 0.6 is 0 Å². The molecule has 3 nitrogen and oxygen atoms in total. The Labute approximate surface area is 159 Å². The molecule has 2 aromatic carbocycles. The van der Waals surface area contributed by atoms with Gasteiger partial charge in [-0.25, -0.2) is 0 Å². The second-order valence-corrected chi connectivity index (χ2v) is 9.29. The lowest BCUT2D eigenvalue weighted by Crippen LogP contribution is -2.51. The van der Waals surface area contributed by atoms with Crippen molar-refractivity contribution in [2.24, 2.45) is 23.2 Å². The van der Waals surface area contributed by atoms with Gasteiger partial charge in [0.1, 0.15) is 0 Å². The molecule has 0 saturated heterocycles. The fraction of sp³-hybridized carbons (Fsp3) is 0.417. The summed E-state index contributed by atoms with van der Waals surface area (Å²) in [5, 5.41) is 3.18. The Morgan fingerprint density at radius 2 is 1.41 bits per heavy atom. The number of hydrogen-bond donors (Lipinski definition) is 1. The molecule has 0 spiro atoms. The number of ketones is 1. The van der Waals surface area contributed by atoms with E-state index in [1.165, 1.54) is 19.3 Å². The van der Waals surface area contributed by atoms with Crippen LogP contribution in [0.1, 0.15) is 54.4 Å². The van der Waals surface area contributed by atoms with Crippen molar-refractivity contribution in [1.29, 1.82) is 0 Å². The van der Waals surface area contributed by atoms with Gasteiger partial charge in [-0.1, -0.05) is 30.3 Å². The Morgan fingerprint density at radius 3 is 2.07 bits per heavy atom. The molecular weight excluding hydrogens is 334 g/mol. The Bertz CT molecular complexity index is 954. The summed E-state index contributed by atoms with van der Waals surface area (Å²) in [4.78, 5) is 26.0. The first kappa shape index (κ1) is 15.6. The predicted octanol–water partition coefficient (Wildman–Crippen LogP) is 5.05. The van der Waals surface area contributed by atoms with Crippen LogP contribution in [0.2, 0.25) is 0 Å². The SMILES string of the molecule is O=C1c2ccccc2-c2ccc(NC(=O)C34CC5CC(CC(C5)C3)C4)cc21. The third-order valence-electron chi connectivity index (χ3n) is 7.50. The molecule has 136 valence electrons. The van der Waals surface area contributed by atoms with Crippen LogP contribution in [-0.4, -0.2) is 11.7 Å². The van der Waals surface area contributed by atoms with E-state index >= 15 is 0 Å². The van der Waals surface area contributed by atoms with Crippen molar-refractivity contribution in [2.75, 3.05) is 5.32 Å². The summed E-state index contributed by atoms with van der Waals surface area (Å²) in [7, 11) is 0. The zero-order valence-corrected chi connectivity index (χ0v) is 15.3. The van der Waals surface area contributed by atoms with Gasteiger partial charge in [-0.3, -0.25) is 9.59 Å². The zero-order chi connectivity index (χ0) is 18.2. The lowest BCUT2D eigenvalue weighted by atomic mass is 9.49. The molecule has 0 aliphatic heterocycles. The minimum absolute atomic E-state index is 0.0616. The van der Waals surface area contributed by atoms with Gasteiger partial charge in [0.2, 0.25) is 5.91 Å². The molecule has 4 saturated carbocycles. The summed E-state index contributed by atoms with van der Waals surface area (Å²) in [6.45, 7) is 0. The van der Waals surface area contributed by atoms with Crippen LogP contribution in [0.25, 0.3) is 11.1 Å². The standard InChI is InChI=1S/C24H23NO2/c26-22-20-4-2-1-3-18(20)19-6-5-17(10-21(19)22)25-23(27)24-11-14-7-15(12-24)9-16(8-14)13-24/h1-6,10,14-16H,7-9,11-13H2,(H,25,27). The van der Waals surface area contributed by atoms with E-state index < -0.39 is 0 Å². The highest BCUT2D eigenvalue weighted by molar-refractivity contribution is 6.22. The molecule has 0 atom stereocenters. The lowest BCUT2D eigenvalue weighted by Gasteiger charge is -2.55. The minimum Gasteiger partial charge on any atom is -0.326 e. The highest BCUT2D eigenvalue weighted by atomic mass is 16.2. The minimum atomic E-state index is -0.166. The number of nitrogens with one attached hydrogen (secondary N) is 1. The number of benzene rings is 2. The van der Waals surface area contributed by atoms with Crippen molar-refractivity contribution >= 4 is 17.4 Å². The van der Waals surface area contributed by atoms with E-state index in [1.54, 1.807) is 0 Å². The monoisotopic (exact) mass is 357 g/mol. The first-order valence-electron chi connectivity index (χ1n) is 10.2. The summed E-state index contributed by atoms with van der Waals surface area (Å²) in [6, 6.07) is 13.5. The maximum atomic E-state index is 13.3. The number of carbonyl (C=O) groups excluding carboxylic acids is 2. The molecular formula is C24H23NO2. The number of fused-ring (bicyclic) bond motifs is 3. The van der Waals surface area contributed by atoms with Gasteiger partial charge in [-0.05, 0) is 79.5 Å². The Hall–Kier alpha value is -2.42. The number of rotatable bonds is 2. The molecule has 0 radical (unpaired) electrons. The van der Waals surface area contributed by atoms with Crippen LogP contribution < -0.4 is 5.32 Å². The van der Waals surface area contributed by atoms with Crippen molar-refractivity contribution in [2.45, 2.75) is 38.5 Å². The summed E-state index contributed by atoms with van der Waals surface area (Å²) < 4.78 is 0. The van der Waals surface area contributed by atoms with Gasteiger partial charge in [0.15, 0.2) is 5.78 Å². The first-order valence-corrected chi connectivity index (χ1v) is 10.2. The van der Waals surface area contributed by atoms with E-state index in [0.717, 1.165) is 59.4 Å². The molecule has 27 heavy (non-hydrogen) atoms. The van der Waals surface area contributed by atoms with Gasteiger partial charge >= 0.3 is 0 Å². The average molecular weight is 357 g/mol. The summed E-state index contributed by atoms with van der Waals surface area (Å²) in [5.74, 6) is 2.49. The van der Waals surface area contributed by atoms with Crippen LogP contribution in [0.4, 0.5) is 5.69 Å². The lowest BCUT2D eigenvalue weighted by molar-refractivity contribution is -0.140. The Kier molecular flexibility index (Phi) is 3.07. The second kappa shape index (κ2) is 5.31. The average Bonchev–Trinajstić information content (AvgIpc) is 2.93. The summed E-state index contributed by atoms with van der Waals surface area (Å²) >= 11 is 0. The van der Waals surface area contributed by atoms with Crippen molar-refractivity contribution in [1.82, 2.24) is 0 Å². The predicted molar refractivity (Wildman–Crippen MR) is 105 cm³/mol.